The summed E-state index contributed by atoms with van der Waals surface area (Å²) in [5.41, 5.74) is 6.58. The van der Waals surface area contributed by atoms with Crippen LogP contribution in [0.15, 0.2) is 60.0 Å². The van der Waals surface area contributed by atoms with Gasteiger partial charge < -0.3 is 14.5 Å². The Morgan fingerprint density at radius 1 is 1.02 bits per heavy atom. The second kappa shape index (κ2) is 9.15. The van der Waals surface area contributed by atoms with Gasteiger partial charge in [-0.05, 0) is 60.1 Å². The summed E-state index contributed by atoms with van der Waals surface area (Å²) in [5, 5.41) is 3.18. The van der Waals surface area contributed by atoms with E-state index in [9.17, 15) is 9.59 Å². The average Bonchev–Trinajstić information content (AvgIpc) is 3.63. The normalized spacial score (nSPS) is 15.8. The molecule has 1 aliphatic carbocycles. The summed E-state index contributed by atoms with van der Waals surface area (Å²) < 4.78 is 5.59. The van der Waals surface area contributed by atoms with Crippen LogP contribution in [-0.4, -0.2) is 40.9 Å². The molecule has 5 aromatic heterocycles. The monoisotopic (exact) mass is 548 g/mol. The van der Waals surface area contributed by atoms with E-state index in [1.807, 2.05) is 35.6 Å². The number of aryl methyl sites for hydroxylation is 1. The van der Waals surface area contributed by atoms with E-state index in [1.165, 1.54) is 11.3 Å². The van der Waals surface area contributed by atoms with Gasteiger partial charge in [-0.3, -0.25) is 18.9 Å². The molecule has 6 heterocycles. The highest BCUT2D eigenvalue weighted by Crippen LogP contribution is 2.40. The maximum Gasteiger partial charge on any atom is 0.276 e. The lowest BCUT2D eigenvalue weighted by molar-refractivity contribution is 0.0963. The first-order valence-electron chi connectivity index (χ1n) is 14.0. The second-order valence-corrected chi connectivity index (χ2v) is 11.8. The van der Waals surface area contributed by atoms with Gasteiger partial charge in [0.2, 0.25) is 5.78 Å². The van der Waals surface area contributed by atoms with E-state index >= 15 is 0 Å². The number of hydrogen-bond acceptors (Lipinski definition) is 6. The Balaban J connectivity index is 1.25. The SMILES string of the molecule is CCc1c(-c2cc(Nc3ccn4ccnc4n3)c(=O)n(C)c2)ccnc1N1CCn2c(cc3c2CC(C)(C)C3)C1=O. The average molecular weight is 549 g/mol. The molecule has 0 fully saturated rings. The van der Waals surface area contributed by atoms with Crippen LogP contribution in [0.3, 0.4) is 0 Å². The molecular weight excluding hydrogens is 516 g/mol. The molecule has 10 nitrogen and oxygen atoms in total. The Kier molecular flexibility index (Phi) is 5.64. The zero-order valence-corrected chi connectivity index (χ0v) is 23.7. The Morgan fingerprint density at radius 3 is 2.71 bits per heavy atom. The zero-order chi connectivity index (χ0) is 28.5. The Labute approximate surface area is 237 Å². The van der Waals surface area contributed by atoms with Gasteiger partial charge in [0.1, 0.15) is 23.0 Å². The van der Waals surface area contributed by atoms with Crippen LogP contribution >= 0.6 is 0 Å². The number of imidazole rings is 1. The molecule has 0 atom stereocenters. The number of anilines is 3. The standard InChI is InChI=1S/C31H32N8O2/c1-5-21-22(20-14-23(28(40)36(4)18-20)34-26-7-10-37-11-9-33-30(37)35-26)6-8-32-27(21)39-13-12-38-24(29(39)41)15-19-16-31(2,3)17-25(19)38/h6-11,14-15,18H,5,12-13,16-17H2,1-4H3,(H,33,34,35). The number of fused-ring (bicyclic) bond motifs is 4. The van der Waals surface area contributed by atoms with Gasteiger partial charge in [-0.15, -0.1) is 0 Å². The predicted octanol–water partition coefficient (Wildman–Crippen LogP) is 4.38. The van der Waals surface area contributed by atoms with Crippen molar-refractivity contribution in [1.29, 1.82) is 0 Å². The molecule has 0 aromatic carbocycles. The van der Waals surface area contributed by atoms with Gasteiger partial charge in [-0.2, -0.15) is 4.98 Å². The summed E-state index contributed by atoms with van der Waals surface area (Å²) in [6.07, 6.45) is 11.6. The molecule has 208 valence electrons. The molecule has 41 heavy (non-hydrogen) atoms. The molecule has 0 bridgehead atoms. The topological polar surface area (TPSA) is 102 Å². The number of rotatable bonds is 5. The molecule has 5 aromatic rings. The Bertz CT molecular complexity index is 1910. The van der Waals surface area contributed by atoms with Crippen LogP contribution in [0.4, 0.5) is 17.3 Å². The minimum absolute atomic E-state index is 0.00826. The third-order valence-electron chi connectivity index (χ3n) is 8.29. The summed E-state index contributed by atoms with van der Waals surface area (Å²) in [4.78, 5) is 42.2. The van der Waals surface area contributed by atoms with Crippen molar-refractivity contribution in [2.24, 2.45) is 12.5 Å². The predicted molar refractivity (Wildman–Crippen MR) is 158 cm³/mol. The second-order valence-electron chi connectivity index (χ2n) is 11.8. The molecule has 0 unspecified atom stereocenters. The Hall–Kier alpha value is -4.73. The van der Waals surface area contributed by atoms with Crippen molar-refractivity contribution in [3.8, 4) is 11.1 Å². The summed E-state index contributed by atoms with van der Waals surface area (Å²) in [6.45, 7) is 7.97. The number of amides is 1. The van der Waals surface area contributed by atoms with Crippen LogP contribution < -0.4 is 15.8 Å². The lowest BCUT2D eigenvalue weighted by atomic mass is 9.90. The highest BCUT2D eigenvalue weighted by Gasteiger charge is 2.37. The minimum Gasteiger partial charge on any atom is -0.339 e. The largest absolute Gasteiger partial charge is 0.339 e. The molecule has 0 saturated carbocycles. The van der Waals surface area contributed by atoms with E-state index < -0.39 is 0 Å². The van der Waals surface area contributed by atoms with Crippen molar-refractivity contribution in [2.45, 2.75) is 46.6 Å². The molecule has 0 saturated heterocycles. The van der Waals surface area contributed by atoms with Crippen molar-refractivity contribution in [3.05, 3.63) is 88.1 Å². The fourth-order valence-corrected chi connectivity index (χ4v) is 6.41. The van der Waals surface area contributed by atoms with Crippen molar-refractivity contribution in [2.75, 3.05) is 16.8 Å². The molecule has 7 rings (SSSR count). The summed E-state index contributed by atoms with van der Waals surface area (Å²) in [5.74, 6) is 1.74. The first-order chi connectivity index (χ1) is 19.7. The first-order valence-corrected chi connectivity index (χ1v) is 14.0. The highest BCUT2D eigenvalue weighted by atomic mass is 16.2. The maximum absolute atomic E-state index is 13.8. The summed E-state index contributed by atoms with van der Waals surface area (Å²) in [7, 11) is 1.73. The van der Waals surface area contributed by atoms with E-state index in [0.29, 0.717) is 36.1 Å². The molecule has 2 aliphatic rings. The van der Waals surface area contributed by atoms with Crippen molar-refractivity contribution in [3.63, 3.8) is 0 Å². The lowest BCUT2D eigenvalue weighted by Gasteiger charge is -2.31. The van der Waals surface area contributed by atoms with Gasteiger partial charge in [0.15, 0.2) is 0 Å². The number of carbonyl (C=O) groups is 1. The number of nitrogens with zero attached hydrogens (tertiary/aromatic N) is 7. The minimum atomic E-state index is -0.172. The van der Waals surface area contributed by atoms with Crippen molar-refractivity contribution in [1.82, 2.24) is 28.5 Å². The van der Waals surface area contributed by atoms with Crippen molar-refractivity contribution >= 4 is 29.0 Å². The summed E-state index contributed by atoms with van der Waals surface area (Å²) in [6, 6.07) is 7.69. The number of aromatic nitrogens is 6. The fraction of sp³-hybridized carbons (Fsp3) is 0.323. The van der Waals surface area contributed by atoms with Gasteiger partial charge in [0.25, 0.3) is 11.5 Å². The molecule has 10 heteroatoms. The molecular formula is C31H32N8O2. The number of nitrogens with one attached hydrogen (secondary N) is 1. The summed E-state index contributed by atoms with van der Waals surface area (Å²) >= 11 is 0. The molecule has 1 N–H and O–H groups in total. The number of carbonyl (C=O) groups excluding carboxylic acids is 1. The quantitative estimate of drug-likeness (QED) is 0.350. The van der Waals surface area contributed by atoms with Crippen LogP contribution in [0.2, 0.25) is 0 Å². The maximum atomic E-state index is 13.8. The zero-order valence-electron chi connectivity index (χ0n) is 23.7. The number of hydrogen-bond donors (Lipinski definition) is 1. The van der Waals surface area contributed by atoms with E-state index in [0.717, 1.165) is 41.8 Å². The number of pyridine rings is 2. The smallest absolute Gasteiger partial charge is 0.276 e. The lowest BCUT2D eigenvalue weighted by Crippen LogP contribution is -2.41. The van der Waals surface area contributed by atoms with Gasteiger partial charge >= 0.3 is 0 Å². The molecule has 1 amide bonds. The first kappa shape index (κ1) is 25.3. The highest BCUT2D eigenvalue weighted by molar-refractivity contribution is 6.06. The van der Waals surface area contributed by atoms with Gasteiger partial charge in [-0.1, -0.05) is 20.8 Å². The Morgan fingerprint density at radius 2 is 1.88 bits per heavy atom. The van der Waals surface area contributed by atoms with E-state index in [4.69, 9.17) is 4.98 Å². The van der Waals surface area contributed by atoms with Gasteiger partial charge in [0, 0.05) is 67.9 Å². The van der Waals surface area contributed by atoms with Crippen molar-refractivity contribution < 1.29 is 4.79 Å². The van der Waals surface area contributed by atoms with Crippen LogP contribution in [-0.2, 0) is 32.9 Å². The van der Waals surface area contributed by atoms with Crippen LogP contribution in [0, 0.1) is 5.41 Å². The fourth-order valence-electron chi connectivity index (χ4n) is 6.41. The van der Waals surface area contributed by atoms with Crippen LogP contribution in [0.5, 0.6) is 0 Å². The molecule has 1 aliphatic heterocycles. The van der Waals surface area contributed by atoms with E-state index in [-0.39, 0.29) is 16.9 Å². The van der Waals surface area contributed by atoms with E-state index in [2.05, 4.69) is 46.7 Å². The van der Waals surface area contributed by atoms with Crippen LogP contribution in [0.1, 0.15) is 48.1 Å². The van der Waals surface area contributed by atoms with Gasteiger partial charge in [0.05, 0.1) is 0 Å². The van der Waals surface area contributed by atoms with Crippen LogP contribution in [0.25, 0.3) is 16.9 Å². The third-order valence-corrected chi connectivity index (χ3v) is 8.29. The molecule has 0 radical (unpaired) electrons. The molecule has 0 spiro atoms. The van der Waals surface area contributed by atoms with E-state index in [1.54, 1.807) is 34.5 Å². The van der Waals surface area contributed by atoms with Gasteiger partial charge in [-0.25, -0.2) is 9.97 Å². The third kappa shape index (κ3) is 4.13.